The Morgan fingerprint density at radius 2 is 1.89 bits per heavy atom. The number of benzene rings is 1. The maximum Gasteiger partial charge on any atom is 0.129 e. The Balaban J connectivity index is 2.40. The molecule has 1 aromatic carbocycles. The van der Waals surface area contributed by atoms with Crippen LogP contribution in [0.3, 0.4) is 0 Å². The zero-order valence-corrected chi connectivity index (χ0v) is 11.5. The lowest BCUT2D eigenvalue weighted by Crippen LogP contribution is -1.98. The molecule has 0 amide bonds. The van der Waals surface area contributed by atoms with Gasteiger partial charge in [0.25, 0.3) is 0 Å². The van der Waals surface area contributed by atoms with Gasteiger partial charge in [0.2, 0.25) is 0 Å². The Morgan fingerprint density at radius 1 is 1.21 bits per heavy atom. The van der Waals surface area contributed by atoms with Crippen molar-refractivity contribution in [2.45, 2.75) is 6.42 Å². The summed E-state index contributed by atoms with van der Waals surface area (Å²) in [5, 5.41) is 4.45. The molecule has 0 unspecified atom stereocenters. The molecular formula is C14H19N3O2. The van der Waals surface area contributed by atoms with Gasteiger partial charge in [-0.15, -0.1) is 0 Å². The number of nitrogen functional groups attached to an aromatic ring is 1. The van der Waals surface area contributed by atoms with Gasteiger partial charge in [0.15, 0.2) is 0 Å². The van der Waals surface area contributed by atoms with Gasteiger partial charge in [0, 0.05) is 26.1 Å². The van der Waals surface area contributed by atoms with Gasteiger partial charge in [-0.3, -0.25) is 4.68 Å². The molecule has 2 aromatic rings. The Morgan fingerprint density at radius 3 is 2.47 bits per heavy atom. The quantitative estimate of drug-likeness (QED) is 0.892. The maximum atomic E-state index is 6.11. The minimum atomic E-state index is 0.625. The van der Waals surface area contributed by atoms with E-state index in [1.807, 2.05) is 31.3 Å². The number of aromatic nitrogens is 2. The number of hydrogen-bond donors (Lipinski definition) is 1. The number of methoxy groups -OCH3 is 2. The molecule has 0 spiro atoms. The van der Waals surface area contributed by atoms with E-state index >= 15 is 0 Å². The Labute approximate surface area is 112 Å². The van der Waals surface area contributed by atoms with Crippen LogP contribution in [0.15, 0.2) is 24.3 Å². The number of nitrogens with two attached hydrogens (primary N) is 1. The normalized spacial score (nSPS) is 10.7. The van der Waals surface area contributed by atoms with E-state index < -0.39 is 0 Å². The standard InChI is InChI=1S/C14H19N3O2/c1-17-14(15)13(12(16-17)8-9-18-2)10-4-6-11(19-3)7-5-10/h4-7H,8-9,15H2,1-3H3. The minimum Gasteiger partial charge on any atom is -0.497 e. The first-order valence-corrected chi connectivity index (χ1v) is 6.12. The van der Waals surface area contributed by atoms with Crippen molar-refractivity contribution in [3.8, 4) is 16.9 Å². The fourth-order valence-electron chi connectivity index (χ4n) is 2.04. The molecule has 2 rings (SSSR count). The van der Waals surface area contributed by atoms with Gasteiger partial charge in [-0.05, 0) is 17.7 Å². The van der Waals surface area contributed by atoms with Crippen LogP contribution in [0.4, 0.5) is 5.82 Å². The predicted molar refractivity (Wildman–Crippen MR) is 75.2 cm³/mol. The van der Waals surface area contributed by atoms with E-state index in [1.165, 1.54) is 0 Å². The van der Waals surface area contributed by atoms with Gasteiger partial charge in [-0.2, -0.15) is 5.10 Å². The molecule has 102 valence electrons. The topological polar surface area (TPSA) is 62.3 Å². The van der Waals surface area contributed by atoms with Crippen LogP contribution in [0, 0.1) is 0 Å². The van der Waals surface area contributed by atoms with Gasteiger partial charge in [0.1, 0.15) is 11.6 Å². The van der Waals surface area contributed by atoms with Gasteiger partial charge < -0.3 is 15.2 Å². The van der Waals surface area contributed by atoms with Crippen LogP contribution in [-0.4, -0.2) is 30.6 Å². The highest BCUT2D eigenvalue weighted by molar-refractivity contribution is 5.77. The fourth-order valence-corrected chi connectivity index (χ4v) is 2.04. The van der Waals surface area contributed by atoms with Crippen LogP contribution in [-0.2, 0) is 18.2 Å². The molecule has 1 aromatic heterocycles. The van der Waals surface area contributed by atoms with Gasteiger partial charge in [0.05, 0.1) is 19.4 Å². The van der Waals surface area contributed by atoms with E-state index in [4.69, 9.17) is 15.2 Å². The van der Waals surface area contributed by atoms with Crippen LogP contribution >= 0.6 is 0 Å². The first-order valence-electron chi connectivity index (χ1n) is 6.12. The van der Waals surface area contributed by atoms with Crippen LogP contribution in [0.25, 0.3) is 11.1 Å². The predicted octanol–water partition coefficient (Wildman–Crippen LogP) is 1.87. The molecule has 0 bridgehead atoms. The molecule has 1 heterocycles. The summed E-state index contributed by atoms with van der Waals surface area (Å²) in [6.45, 7) is 0.625. The van der Waals surface area contributed by atoms with Gasteiger partial charge >= 0.3 is 0 Å². The number of nitrogens with zero attached hydrogens (tertiary/aromatic N) is 2. The third kappa shape index (κ3) is 2.71. The van der Waals surface area contributed by atoms with Crippen molar-refractivity contribution in [2.75, 3.05) is 26.6 Å². The average Bonchev–Trinajstić information content (AvgIpc) is 2.72. The lowest BCUT2D eigenvalue weighted by molar-refractivity contribution is 0.201. The first kappa shape index (κ1) is 13.4. The molecule has 0 fully saturated rings. The first-order chi connectivity index (χ1) is 9.17. The van der Waals surface area contributed by atoms with Gasteiger partial charge in [-0.1, -0.05) is 12.1 Å². The third-order valence-corrected chi connectivity index (χ3v) is 3.09. The second-order valence-electron chi connectivity index (χ2n) is 4.30. The smallest absolute Gasteiger partial charge is 0.129 e. The summed E-state index contributed by atoms with van der Waals surface area (Å²) in [6.07, 6.45) is 0.739. The summed E-state index contributed by atoms with van der Waals surface area (Å²) in [6, 6.07) is 7.81. The molecule has 2 N–H and O–H groups in total. The zero-order valence-electron chi connectivity index (χ0n) is 11.5. The van der Waals surface area contributed by atoms with Crippen LogP contribution in [0.5, 0.6) is 5.75 Å². The van der Waals surface area contributed by atoms with E-state index in [-0.39, 0.29) is 0 Å². The van der Waals surface area contributed by atoms with Crippen LogP contribution in [0.2, 0.25) is 0 Å². The molecule has 0 atom stereocenters. The lowest BCUT2D eigenvalue weighted by Gasteiger charge is -2.05. The van der Waals surface area contributed by atoms with Crippen molar-refractivity contribution in [3.05, 3.63) is 30.0 Å². The number of ether oxygens (including phenoxy) is 2. The van der Waals surface area contributed by atoms with Crippen LogP contribution in [0.1, 0.15) is 5.69 Å². The highest BCUT2D eigenvalue weighted by atomic mass is 16.5. The van der Waals surface area contributed by atoms with Crippen molar-refractivity contribution in [1.29, 1.82) is 0 Å². The second kappa shape index (κ2) is 5.75. The Bertz CT molecular complexity index is 547. The Kier molecular flexibility index (Phi) is 4.06. The van der Waals surface area contributed by atoms with Crippen molar-refractivity contribution in [3.63, 3.8) is 0 Å². The molecular weight excluding hydrogens is 242 g/mol. The van der Waals surface area contributed by atoms with E-state index in [0.717, 1.165) is 29.0 Å². The van der Waals surface area contributed by atoms with Crippen LogP contribution < -0.4 is 10.5 Å². The molecule has 5 nitrogen and oxygen atoms in total. The van der Waals surface area contributed by atoms with E-state index in [2.05, 4.69) is 5.10 Å². The average molecular weight is 261 g/mol. The number of rotatable bonds is 5. The molecule has 0 saturated carbocycles. The SMILES string of the molecule is COCCc1nn(C)c(N)c1-c1ccc(OC)cc1. The second-order valence-corrected chi connectivity index (χ2v) is 4.30. The highest BCUT2D eigenvalue weighted by Gasteiger charge is 2.15. The molecule has 0 aliphatic heterocycles. The largest absolute Gasteiger partial charge is 0.497 e. The highest BCUT2D eigenvalue weighted by Crippen LogP contribution is 2.30. The van der Waals surface area contributed by atoms with Crippen molar-refractivity contribution in [2.24, 2.45) is 7.05 Å². The van der Waals surface area contributed by atoms with E-state index in [9.17, 15) is 0 Å². The monoisotopic (exact) mass is 261 g/mol. The number of hydrogen-bond acceptors (Lipinski definition) is 4. The maximum absolute atomic E-state index is 6.11. The third-order valence-electron chi connectivity index (χ3n) is 3.09. The van der Waals surface area contributed by atoms with Crippen molar-refractivity contribution in [1.82, 2.24) is 9.78 Å². The summed E-state index contributed by atoms with van der Waals surface area (Å²) in [5.41, 5.74) is 9.07. The summed E-state index contributed by atoms with van der Waals surface area (Å²) in [5.74, 6) is 1.49. The molecule has 0 radical (unpaired) electrons. The molecule has 0 aliphatic carbocycles. The molecule has 19 heavy (non-hydrogen) atoms. The van der Waals surface area contributed by atoms with Gasteiger partial charge in [-0.25, -0.2) is 0 Å². The fraction of sp³-hybridized carbons (Fsp3) is 0.357. The lowest BCUT2D eigenvalue weighted by atomic mass is 10.0. The summed E-state index contributed by atoms with van der Waals surface area (Å²) in [7, 11) is 5.18. The van der Waals surface area contributed by atoms with E-state index in [1.54, 1.807) is 18.9 Å². The molecule has 5 heteroatoms. The number of aryl methyl sites for hydroxylation is 1. The minimum absolute atomic E-state index is 0.625. The zero-order chi connectivity index (χ0) is 13.8. The number of anilines is 1. The Hall–Kier alpha value is -2.01. The molecule has 0 aliphatic rings. The summed E-state index contributed by atoms with van der Waals surface area (Å²) in [4.78, 5) is 0. The summed E-state index contributed by atoms with van der Waals surface area (Å²) < 4.78 is 12.0. The van der Waals surface area contributed by atoms with Crippen molar-refractivity contribution >= 4 is 5.82 Å². The van der Waals surface area contributed by atoms with Crippen molar-refractivity contribution < 1.29 is 9.47 Å². The van der Waals surface area contributed by atoms with E-state index in [0.29, 0.717) is 12.4 Å². The molecule has 0 saturated heterocycles. The summed E-state index contributed by atoms with van der Waals surface area (Å²) >= 11 is 0.